The monoisotopic (exact) mass is 226 g/mol. The van der Waals surface area contributed by atoms with Crippen molar-refractivity contribution in [3.8, 4) is 0 Å². The molecular formula is C11H11FO4. The van der Waals surface area contributed by atoms with Crippen LogP contribution in [0.1, 0.15) is 23.7 Å². The first kappa shape index (κ1) is 12.3. The van der Waals surface area contributed by atoms with Crippen LogP contribution < -0.4 is 0 Å². The summed E-state index contributed by atoms with van der Waals surface area (Å²) in [6.07, 6.45) is -0.989. The first-order valence-electron chi connectivity index (χ1n) is 4.69. The third-order valence-corrected chi connectivity index (χ3v) is 2.20. The highest BCUT2D eigenvalue weighted by molar-refractivity contribution is 5.74. The molecule has 0 aliphatic carbocycles. The molecule has 0 amide bonds. The van der Waals surface area contributed by atoms with E-state index in [2.05, 4.69) is 0 Å². The van der Waals surface area contributed by atoms with E-state index in [1.807, 2.05) is 0 Å². The van der Waals surface area contributed by atoms with Gasteiger partial charge in [0.25, 0.3) is 0 Å². The maximum absolute atomic E-state index is 13.4. The zero-order valence-electron chi connectivity index (χ0n) is 8.39. The van der Waals surface area contributed by atoms with Crippen LogP contribution in [-0.2, 0) is 16.0 Å². The third kappa shape index (κ3) is 2.64. The van der Waals surface area contributed by atoms with Crippen LogP contribution in [-0.4, -0.2) is 22.5 Å². The molecular weight excluding hydrogens is 215 g/mol. The smallest absolute Gasteiger partial charge is 0.337 e. The number of aliphatic hydroxyl groups excluding tert-OH is 1. The van der Waals surface area contributed by atoms with E-state index in [4.69, 9.17) is 5.11 Å². The molecule has 0 saturated carbocycles. The Kier molecular flexibility index (Phi) is 4.13. The average Bonchev–Trinajstić information content (AvgIpc) is 2.26. The normalized spacial score (nSPS) is 12.1. The average molecular weight is 226 g/mol. The molecule has 2 N–H and O–H groups in total. The lowest BCUT2D eigenvalue weighted by atomic mass is 9.98. The summed E-state index contributed by atoms with van der Waals surface area (Å²) in [5.74, 6) is -2.06. The highest BCUT2D eigenvalue weighted by atomic mass is 19.1. The fourth-order valence-corrected chi connectivity index (χ4v) is 1.43. The van der Waals surface area contributed by atoms with Crippen LogP contribution in [0.3, 0.4) is 0 Å². The number of hydrogen-bond donors (Lipinski definition) is 2. The molecule has 0 aliphatic heterocycles. The van der Waals surface area contributed by atoms with E-state index in [9.17, 15) is 19.1 Å². The van der Waals surface area contributed by atoms with E-state index in [-0.39, 0.29) is 24.0 Å². The topological polar surface area (TPSA) is 74.6 Å². The number of benzene rings is 1. The van der Waals surface area contributed by atoms with Crippen molar-refractivity contribution in [2.24, 2.45) is 0 Å². The minimum Gasteiger partial charge on any atom is -0.479 e. The van der Waals surface area contributed by atoms with Gasteiger partial charge in [0.15, 0.2) is 6.10 Å². The largest absolute Gasteiger partial charge is 0.479 e. The van der Waals surface area contributed by atoms with E-state index in [0.717, 1.165) is 6.07 Å². The fraction of sp³-hybridized carbons (Fsp3) is 0.273. The van der Waals surface area contributed by atoms with Crippen LogP contribution in [0.4, 0.5) is 4.39 Å². The van der Waals surface area contributed by atoms with Gasteiger partial charge in [0, 0.05) is 6.42 Å². The van der Waals surface area contributed by atoms with Gasteiger partial charge in [-0.3, -0.25) is 0 Å². The first-order chi connectivity index (χ1) is 7.57. The first-order valence-corrected chi connectivity index (χ1v) is 4.69. The van der Waals surface area contributed by atoms with Crippen molar-refractivity contribution in [2.75, 3.05) is 0 Å². The molecule has 0 aliphatic rings. The van der Waals surface area contributed by atoms with Crippen LogP contribution in [0, 0.1) is 5.82 Å². The molecule has 0 saturated heterocycles. The zero-order valence-corrected chi connectivity index (χ0v) is 8.39. The second-order valence-corrected chi connectivity index (χ2v) is 3.25. The molecule has 0 aromatic heterocycles. The Balaban J connectivity index is 3.11. The molecule has 0 fully saturated rings. The van der Waals surface area contributed by atoms with Crippen molar-refractivity contribution in [3.63, 3.8) is 0 Å². The van der Waals surface area contributed by atoms with Crippen molar-refractivity contribution < 1.29 is 24.2 Å². The van der Waals surface area contributed by atoms with Crippen molar-refractivity contribution in [3.05, 3.63) is 35.1 Å². The molecule has 1 rings (SSSR count). The third-order valence-electron chi connectivity index (χ3n) is 2.20. The van der Waals surface area contributed by atoms with Crippen molar-refractivity contribution in [2.45, 2.75) is 18.9 Å². The highest BCUT2D eigenvalue weighted by Gasteiger charge is 2.21. The van der Waals surface area contributed by atoms with Gasteiger partial charge in [0.05, 0.1) is 0 Å². The maximum Gasteiger partial charge on any atom is 0.337 e. The van der Waals surface area contributed by atoms with Gasteiger partial charge in [0.2, 0.25) is 0 Å². The lowest BCUT2D eigenvalue weighted by molar-refractivity contribution is -0.147. The minimum atomic E-state index is -1.77. The molecule has 4 nitrogen and oxygen atoms in total. The standard InChI is InChI=1S/C11H11FO4/c12-9-5-1-3-8(10(14)11(15)16)7(9)4-2-6-13/h1,3,5-6,10,14H,2,4H2,(H,15,16). The van der Waals surface area contributed by atoms with Crippen LogP contribution in [0.5, 0.6) is 0 Å². The van der Waals surface area contributed by atoms with Gasteiger partial charge in [0.1, 0.15) is 12.1 Å². The number of rotatable bonds is 5. The van der Waals surface area contributed by atoms with E-state index in [0.29, 0.717) is 6.29 Å². The molecule has 0 bridgehead atoms. The van der Waals surface area contributed by atoms with Crippen LogP contribution in [0.25, 0.3) is 0 Å². The van der Waals surface area contributed by atoms with Crippen LogP contribution in [0.15, 0.2) is 18.2 Å². The van der Waals surface area contributed by atoms with E-state index < -0.39 is 17.9 Å². The summed E-state index contributed by atoms with van der Waals surface area (Å²) in [7, 11) is 0. The van der Waals surface area contributed by atoms with E-state index in [1.54, 1.807) is 0 Å². The Bertz CT molecular complexity index is 403. The molecule has 0 heterocycles. The predicted molar refractivity (Wildman–Crippen MR) is 53.4 cm³/mol. The van der Waals surface area contributed by atoms with E-state index in [1.165, 1.54) is 12.1 Å². The van der Waals surface area contributed by atoms with Gasteiger partial charge in [-0.05, 0) is 23.6 Å². The van der Waals surface area contributed by atoms with Crippen molar-refractivity contribution >= 4 is 12.3 Å². The summed E-state index contributed by atoms with van der Waals surface area (Å²) in [6, 6.07) is 3.82. The van der Waals surface area contributed by atoms with Gasteiger partial charge >= 0.3 is 5.97 Å². The minimum absolute atomic E-state index is 0.00523. The summed E-state index contributed by atoms with van der Waals surface area (Å²) in [6.45, 7) is 0. The van der Waals surface area contributed by atoms with Gasteiger partial charge < -0.3 is 15.0 Å². The number of hydrogen-bond acceptors (Lipinski definition) is 3. The fourth-order valence-electron chi connectivity index (χ4n) is 1.43. The molecule has 1 aromatic rings. The lowest BCUT2D eigenvalue weighted by Gasteiger charge is -2.12. The molecule has 0 radical (unpaired) electrons. The van der Waals surface area contributed by atoms with Gasteiger partial charge in [-0.1, -0.05) is 12.1 Å². The number of carboxylic acid groups (broad SMARTS) is 1. The Morgan fingerprint density at radius 3 is 2.75 bits per heavy atom. The number of aldehydes is 1. The van der Waals surface area contributed by atoms with Crippen molar-refractivity contribution in [1.29, 1.82) is 0 Å². The Hall–Kier alpha value is -1.75. The highest BCUT2D eigenvalue weighted by Crippen LogP contribution is 2.22. The molecule has 1 aromatic carbocycles. The molecule has 1 unspecified atom stereocenters. The SMILES string of the molecule is O=CCCc1c(F)cccc1C(O)C(=O)O. The number of aliphatic hydroxyl groups is 1. The lowest BCUT2D eigenvalue weighted by Crippen LogP contribution is -2.13. The number of carbonyl (C=O) groups is 2. The van der Waals surface area contributed by atoms with Crippen LogP contribution in [0.2, 0.25) is 0 Å². The molecule has 0 spiro atoms. The summed E-state index contributed by atoms with van der Waals surface area (Å²) >= 11 is 0. The second kappa shape index (κ2) is 5.37. The van der Waals surface area contributed by atoms with E-state index >= 15 is 0 Å². The van der Waals surface area contributed by atoms with Gasteiger partial charge in [-0.2, -0.15) is 0 Å². The molecule has 16 heavy (non-hydrogen) atoms. The number of halogens is 1. The Labute approximate surface area is 91.3 Å². The van der Waals surface area contributed by atoms with Gasteiger partial charge in [-0.15, -0.1) is 0 Å². The molecule has 86 valence electrons. The predicted octanol–water partition coefficient (Wildman–Crippen LogP) is 1.08. The van der Waals surface area contributed by atoms with Crippen molar-refractivity contribution in [1.82, 2.24) is 0 Å². The summed E-state index contributed by atoms with van der Waals surface area (Å²) in [5, 5.41) is 18.0. The summed E-state index contributed by atoms with van der Waals surface area (Å²) in [4.78, 5) is 20.8. The molecule has 5 heteroatoms. The summed E-state index contributed by atoms with van der Waals surface area (Å²) in [5.41, 5.74) is 0.0684. The number of aliphatic carboxylic acids is 1. The number of carbonyl (C=O) groups excluding carboxylic acids is 1. The Morgan fingerprint density at radius 2 is 2.19 bits per heavy atom. The van der Waals surface area contributed by atoms with Crippen LogP contribution >= 0.6 is 0 Å². The Morgan fingerprint density at radius 1 is 1.50 bits per heavy atom. The summed E-state index contributed by atoms with van der Waals surface area (Å²) < 4.78 is 13.4. The molecule has 1 atom stereocenters. The second-order valence-electron chi connectivity index (χ2n) is 3.25. The maximum atomic E-state index is 13.4. The zero-order chi connectivity index (χ0) is 12.1. The van der Waals surface area contributed by atoms with Gasteiger partial charge in [-0.25, -0.2) is 9.18 Å². The number of carboxylic acids is 1. The quantitative estimate of drug-likeness (QED) is 0.736.